The van der Waals surface area contributed by atoms with Crippen LogP contribution in [0, 0.1) is 15.9 Å². The van der Waals surface area contributed by atoms with E-state index in [1.165, 1.54) is 0 Å². The van der Waals surface area contributed by atoms with Crippen LogP contribution in [0.4, 0.5) is 10.1 Å². The lowest BCUT2D eigenvalue weighted by Crippen LogP contribution is -2.10. The number of hydrogen-bond acceptors (Lipinski definition) is 5. The Morgan fingerprint density at radius 1 is 1.65 bits per heavy atom. The van der Waals surface area contributed by atoms with Gasteiger partial charge >= 0.3 is 5.97 Å². The molecule has 0 aliphatic heterocycles. The molecule has 0 fully saturated rings. The van der Waals surface area contributed by atoms with Crippen LogP contribution in [0.2, 0.25) is 0 Å². The molecule has 7 heteroatoms. The average molecular weight is 243 g/mol. The zero-order chi connectivity index (χ0) is 13.0. The molecular formula is C10H10FNO5. The van der Waals surface area contributed by atoms with Gasteiger partial charge in [0.2, 0.25) is 0 Å². The Hall–Kier alpha value is -2.02. The van der Waals surface area contributed by atoms with Crippen LogP contribution < -0.4 is 0 Å². The van der Waals surface area contributed by atoms with Crippen LogP contribution in [0.3, 0.4) is 0 Å². The third-order valence-corrected chi connectivity index (χ3v) is 2.13. The molecule has 0 saturated heterocycles. The topological polar surface area (TPSA) is 89.7 Å². The summed E-state index contributed by atoms with van der Waals surface area (Å²) in [5.41, 5.74) is -0.691. The molecule has 92 valence electrons. The Morgan fingerprint density at radius 3 is 2.82 bits per heavy atom. The van der Waals surface area contributed by atoms with E-state index in [0.29, 0.717) is 0 Å². The van der Waals surface area contributed by atoms with Gasteiger partial charge in [-0.2, -0.15) is 0 Å². The highest BCUT2D eigenvalue weighted by molar-refractivity contribution is 5.70. The van der Waals surface area contributed by atoms with E-state index >= 15 is 0 Å². The molecule has 0 aliphatic rings. The molecule has 0 unspecified atom stereocenters. The summed E-state index contributed by atoms with van der Waals surface area (Å²) < 4.78 is 17.3. The normalized spacial score (nSPS) is 11.9. The number of methoxy groups -OCH3 is 1. The van der Waals surface area contributed by atoms with Crippen LogP contribution in [0.1, 0.15) is 18.1 Å². The third-order valence-electron chi connectivity index (χ3n) is 2.13. The Bertz CT molecular complexity index is 448. The molecule has 0 spiro atoms. The number of esters is 1. The van der Waals surface area contributed by atoms with Gasteiger partial charge in [0, 0.05) is 6.07 Å². The lowest BCUT2D eigenvalue weighted by atomic mass is 10.0. The molecule has 0 saturated carbocycles. The largest absolute Gasteiger partial charge is 0.469 e. The number of ether oxygens (including phenoxy) is 1. The number of nitro benzene ring substituents is 1. The van der Waals surface area contributed by atoms with Gasteiger partial charge in [-0.15, -0.1) is 0 Å². The summed E-state index contributed by atoms with van der Waals surface area (Å²) in [7, 11) is 1.12. The van der Waals surface area contributed by atoms with Gasteiger partial charge in [-0.3, -0.25) is 14.9 Å². The van der Waals surface area contributed by atoms with Crippen molar-refractivity contribution in [1.29, 1.82) is 0 Å². The maximum absolute atomic E-state index is 12.9. The number of benzene rings is 1. The highest BCUT2D eigenvalue weighted by atomic mass is 19.1. The Kier molecular flexibility index (Phi) is 4.11. The highest BCUT2D eigenvalue weighted by Gasteiger charge is 2.23. The van der Waals surface area contributed by atoms with Crippen LogP contribution >= 0.6 is 0 Å². The van der Waals surface area contributed by atoms with E-state index in [4.69, 9.17) is 0 Å². The fourth-order valence-electron chi connectivity index (χ4n) is 1.31. The molecule has 0 heterocycles. The van der Waals surface area contributed by atoms with Gasteiger partial charge in [-0.05, 0) is 12.1 Å². The number of carbonyl (C=O) groups excluding carboxylic acids is 1. The second-order valence-electron chi connectivity index (χ2n) is 3.26. The van der Waals surface area contributed by atoms with Gasteiger partial charge in [0.05, 0.1) is 30.1 Å². The molecule has 1 atom stereocenters. The maximum Gasteiger partial charge on any atom is 0.308 e. The van der Waals surface area contributed by atoms with Gasteiger partial charge in [0.25, 0.3) is 5.69 Å². The van der Waals surface area contributed by atoms with Gasteiger partial charge in [-0.25, -0.2) is 4.39 Å². The van der Waals surface area contributed by atoms with Crippen LogP contribution in [0.5, 0.6) is 0 Å². The minimum absolute atomic E-state index is 0.250. The molecule has 0 aliphatic carbocycles. The van der Waals surface area contributed by atoms with Crippen molar-refractivity contribution in [2.75, 3.05) is 7.11 Å². The quantitative estimate of drug-likeness (QED) is 0.489. The Morgan fingerprint density at radius 2 is 2.29 bits per heavy atom. The van der Waals surface area contributed by atoms with Gasteiger partial charge in [0.15, 0.2) is 0 Å². The summed E-state index contributed by atoms with van der Waals surface area (Å²) in [6.45, 7) is 0. The summed E-state index contributed by atoms with van der Waals surface area (Å²) in [6, 6.07) is 2.67. The standard InChI is InChI=1S/C10H10FNO5/c1-17-10(14)5-9(13)7-4-6(11)2-3-8(7)12(15)16/h2-4,9,13H,5H2,1H3/t9-/m1/s1. The van der Waals surface area contributed by atoms with E-state index in [1.54, 1.807) is 0 Å². The second-order valence-corrected chi connectivity index (χ2v) is 3.26. The lowest BCUT2D eigenvalue weighted by Gasteiger charge is -2.09. The minimum Gasteiger partial charge on any atom is -0.469 e. The van der Waals surface area contributed by atoms with E-state index in [0.717, 1.165) is 25.3 Å². The zero-order valence-corrected chi connectivity index (χ0v) is 8.92. The van der Waals surface area contributed by atoms with E-state index in [9.17, 15) is 24.4 Å². The average Bonchev–Trinajstić information content (AvgIpc) is 2.28. The lowest BCUT2D eigenvalue weighted by molar-refractivity contribution is -0.386. The molecule has 0 bridgehead atoms. The smallest absolute Gasteiger partial charge is 0.308 e. The molecule has 0 aromatic heterocycles. The molecule has 17 heavy (non-hydrogen) atoms. The summed E-state index contributed by atoms with van der Waals surface area (Å²) in [5.74, 6) is -1.47. The van der Waals surface area contributed by atoms with Crippen molar-refractivity contribution in [2.24, 2.45) is 0 Å². The van der Waals surface area contributed by atoms with Crippen molar-refractivity contribution in [3.05, 3.63) is 39.7 Å². The summed E-state index contributed by atoms with van der Waals surface area (Å²) >= 11 is 0. The predicted octanol–water partition coefficient (Wildman–Crippen LogP) is 1.33. The molecule has 1 N–H and O–H groups in total. The Balaban J connectivity index is 3.06. The zero-order valence-electron chi connectivity index (χ0n) is 8.92. The fourth-order valence-corrected chi connectivity index (χ4v) is 1.31. The summed E-state index contributed by atoms with van der Waals surface area (Å²) in [4.78, 5) is 20.8. The van der Waals surface area contributed by atoms with Gasteiger partial charge in [0.1, 0.15) is 5.82 Å². The van der Waals surface area contributed by atoms with Crippen LogP contribution in [-0.4, -0.2) is 23.1 Å². The first-order valence-corrected chi connectivity index (χ1v) is 4.64. The SMILES string of the molecule is COC(=O)C[C@@H](O)c1cc(F)ccc1[N+](=O)[O-]. The molecule has 6 nitrogen and oxygen atoms in total. The number of aliphatic hydroxyl groups is 1. The van der Waals surface area contributed by atoms with Crippen molar-refractivity contribution in [2.45, 2.75) is 12.5 Å². The number of aliphatic hydroxyl groups excluding tert-OH is 1. The highest BCUT2D eigenvalue weighted by Crippen LogP contribution is 2.28. The molecule has 1 aromatic rings. The summed E-state index contributed by atoms with van der Waals surface area (Å²) in [5, 5.41) is 20.3. The number of hydrogen-bond donors (Lipinski definition) is 1. The molecule has 0 amide bonds. The van der Waals surface area contributed by atoms with Crippen molar-refractivity contribution < 1.29 is 24.0 Å². The first-order chi connectivity index (χ1) is 7.95. The van der Waals surface area contributed by atoms with Crippen LogP contribution in [-0.2, 0) is 9.53 Å². The van der Waals surface area contributed by atoms with E-state index in [-0.39, 0.29) is 5.56 Å². The van der Waals surface area contributed by atoms with Crippen LogP contribution in [0.25, 0.3) is 0 Å². The molecule has 1 aromatic carbocycles. The minimum atomic E-state index is -1.47. The van der Waals surface area contributed by atoms with Crippen molar-refractivity contribution >= 4 is 11.7 Å². The van der Waals surface area contributed by atoms with Crippen LogP contribution in [0.15, 0.2) is 18.2 Å². The van der Waals surface area contributed by atoms with Crippen molar-refractivity contribution in [3.8, 4) is 0 Å². The maximum atomic E-state index is 12.9. The van der Waals surface area contributed by atoms with Gasteiger partial charge < -0.3 is 9.84 Å². The third kappa shape index (κ3) is 3.22. The number of nitrogens with zero attached hydrogens (tertiary/aromatic N) is 1. The summed E-state index contributed by atoms with van der Waals surface area (Å²) in [6.07, 6.45) is -1.94. The predicted molar refractivity (Wildman–Crippen MR) is 54.6 cm³/mol. The number of halogens is 1. The first kappa shape index (κ1) is 13.0. The second kappa shape index (κ2) is 5.35. The van der Waals surface area contributed by atoms with Gasteiger partial charge in [-0.1, -0.05) is 0 Å². The number of nitro groups is 1. The van der Waals surface area contributed by atoms with Crippen molar-refractivity contribution in [3.63, 3.8) is 0 Å². The van der Waals surface area contributed by atoms with E-state index < -0.39 is 34.9 Å². The first-order valence-electron chi connectivity index (χ1n) is 4.64. The van der Waals surface area contributed by atoms with E-state index in [1.807, 2.05) is 0 Å². The number of carbonyl (C=O) groups is 1. The van der Waals surface area contributed by atoms with Crippen molar-refractivity contribution in [1.82, 2.24) is 0 Å². The molecule has 1 rings (SSSR count). The van der Waals surface area contributed by atoms with E-state index in [2.05, 4.69) is 4.74 Å². The fraction of sp³-hybridized carbons (Fsp3) is 0.300. The molecular weight excluding hydrogens is 233 g/mol. The molecule has 0 radical (unpaired) electrons. The monoisotopic (exact) mass is 243 g/mol. The Labute approximate surface area is 95.8 Å². The number of rotatable bonds is 4.